The Bertz CT molecular complexity index is 1990. The van der Waals surface area contributed by atoms with Crippen LogP contribution in [-0.4, -0.2) is 9.67 Å². The van der Waals surface area contributed by atoms with Crippen molar-refractivity contribution in [3.8, 4) is 22.6 Å². The summed E-state index contributed by atoms with van der Waals surface area (Å²) in [6.45, 7) is 34.5. The minimum atomic E-state index is -0.331. The summed E-state index contributed by atoms with van der Waals surface area (Å²) in [4.78, 5) is 0. The molecule has 1 aromatic heterocycles. The number of aromatic hydroxyl groups is 1. The number of phenols is 1. The van der Waals surface area contributed by atoms with Crippen LogP contribution in [0.3, 0.4) is 0 Å². The molecule has 0 radical (unpaired) electrons. The van der Waals surface area contributed by atoms with Gasteiger partial charge < -0.3 is 24.5 Å². The van der Waals surface area contributed by atoms with Crippen LogP contribution in [0.1, 0.15) is 140 Å². The minimum absolute atomic E-state index is 0. The molecule has 0 aliphatic carbocycles. The van der Waals surface area contributed by atoms with E-state index in [2.05, 4.69) is 151 Å². The van der Waals surface area contributed by atoms with Crippen LogP contribution in [0.15, 0.2) is 72.8 Å². The Kier molecular flexibility index (Phi) is 14.1. The molecule has 0 aliphatic rings. The van der Waals surface area contributed by atoms with E-state index in [1.54, 1.807) is 18.2 Å². The van der Waals surface area contributed by atoms with Crippen molar-refractivity contribution in [3.63, 3.8) is 0 Å². The molecule has 2 nitrogen and oxygen atoms in total. The van der Waals surface area contributed by atoms with E-state index in [1.165, 1.54) is 21.9 Å². The zero-order valence-corrected chi connectivity index (χ0v) is 39.3. The van der Waals surface area contributed by atoms with Crippen LogP contribution in [0, 0.1) is 36.9 Å². The van der Waals surface area contributed by atoms with Crippen LogP contribution in [0.25, 0.3) is 38.6 Å². The molecule has 1 N–H and O–H groups in total. The van der Waals surface area contributed by atoms with Gasteiger partial charge in [-0.15, -0.1) is 0 Å². The summed E-state index contributed by atoms with van der Waals surface area (Å²) in [5, 5.41) is 13.5. The molecule has 1 heterocycles. The molecule has 4 heteroatoms. The van der Waals surface area contributed by atoms with Crippen molar-refractivity contribution in [1.29, 1.82) is 0 Å². The molecule has 0 saturated carbocycles. The number of nitrogens with zero attached hydrogens (tertiary/aromatic N) is 1. The SMILES string of the molecule is CC(C)(C)CC(C)(C)c1ccc(O)c(-c2cc(F)cc(-n3c4ccc(C(C)(C)CC(C)(C)C)cc4c4cc(C(C)(C)CC(C)(C)C)ccc43)c2)c1.[CH3-].[CH3-].[Zr+2]. The summed E-state index contributed by atoms with van der Waals surface area (Å²) >= 11 is 0. The molecule has 0 unspecified atom stereocenters. The van der Waals surface area contributed by atoms with E-state index in [9.17, 15) is 5.11 Å². The van der Waals surface area contributed by atoms with E-state index < -0.39 is 0 Å². The maximum atomic E-state index is 15.9. The first-order chi connectivity index (χ1) is 23.2. The molecule has 0 atom stereocenters. The van der Waals surface area contributed by atoms with Crippen LogP contribution >= 0.6 is 0 Å². The Morgan fingerprint density at radius 1 is 0.500 bits per heavy atom. The second-order valence-electron chi connectivity index (χ2n) is 21.1. The number of aromatic nitrogens is 1. The predicted octanol–water partition coefficient (Wildman–Crippen LogP) is 15.3. The van der Waals surface area contributed by atoms with Crippen molar-refractivity contribution in [2.75, 3.05) is 0 Å². The van der Waals surface area contributed by atoms with Crippen molar-refractivity contribution in [3.05, 3.63) is 110 Å². The van der Waals surface area contributed by atoms with Crippen molar-refractivity contribution < 1.29 is 35.7 Å². The minimum Gasteiger partial charge on any atom is -0.507 e. The quantitative estimate of drug-likeness (QED) is 0.155. The van der Waals surface area contributed by atoms with Crippen LogP contribution in [0.4, 0.5) is 4.39 Å². The number of benzene rings is 4. The second kappa shape index (κ2) is 16.0. The fourth-order valence-corrected chi connectivity index (χ4v) is 9.47. The largest absolute Gasteiger partial charge is 2.00 e. The topological polar surface area (TPSA) is 25.2 Å². The predicted molar refractivity (Wildman–Crippen MR) is 232 cm³/mol. The third-order valence-corrected chi connectivity index (χ3v) is 10.5. The van der Waals surface area contributed by atoms with Crippen LogP contribution < -0.4 is 0 Å². The van der Waals surface area contributed by atoms with Gasteiger partial charge in [0.05, 0.1) is 11.0 Å². The Balaban J connectivity index is 0.00000336. The first kappa shape index (κ1) is 47.4. The summed E-state index contributed by atoms with van der Waals surface area (Å²) in [6.07, 6.45) is 3.08. The second-order valence-corrected chi connectivity index (χ2v) is 21.1. The van der Waals surface area contributed by atoms with Gasteiger partial charge in [0.1, 0.15) is 11.6 Å². The summed E-state index contributed by atoms with van der Waals surface area (Å²) in [7, 11) is 0. The fourth-order valence-electron chi connectivity index (χ4n) is 9.47. The normalized spacial score (nSPS) is 13.0. The number of hydrogen-bond donors (Lipinski definition) is 1. The maximum absolute atomic E-state index is 15.9. The molecule has 4 aromatic carbocycles. The molecule has 0 fully saturated rings. The molecule has 0 bridgehead atoms. The number of rotatable bonds is 8. The van der Waals surface area contributed by atoms with Gasteiger partial charge in [0.15, 0.2) is 0 Å². The first-order valence-corrected chi connectivity index (χ1v) is 18.9. The zero-order chi connectivity index (χ0) is 38.1. The van der Waals surface area contributed by atoms with E-state index in [-0.39, 0.29) is 85.1 Å². The summed E-state index contributed by atoms with van der Waals surface area (Å²) in [6, 6.07) is 24.8. The third-order valence-electron chi connectivity index (χ3n) is 10.5. The van der Waals surface area contributed by atoms with Crippen LogP contribution in [0.2, 0.25) is 0 Å². The molecule has 0 spiro atoms. The first-order valence-electron chi connectivity index (χ1n) is 18.9. The van der Waals surface area contributed by atoms with Gasteiger partial charge in [-0.05, 0) is 129 Å². The Hall–Kier alpha value is -2.71. The Labute approximate surface area is 348 Å². The van der Waals surface area contributed by atoms with Gasteiger partial charge in [-0.25, -0.2) is 4.39 Å². The van der Waals surface area contributed by atoms with Gasteiger partial charge in [-0.2, -0.15) is 0 Å². The van der Waals surface area contributed by atoms with Crippen molar-refractivity contribution >= 4 is 21.8 Å². The summed E-state index contributed by atoms with van der Waals surface area (Å²) in [5.74, 6) is -0.178. The van der Waals surface area contributed by atoms with Crippen LogP contribution in [-0.2, 0) is 42.4 Å². The van der Waals surface area contributed by atoms with Gasteiger partial charge in [0, 0.05) is 22.0 Å². The number of phenolic OH excluding ortho intramolecular Hbond substituents is 1. The molecule has 292 valence electrons. The number of fused-ring (bicyclic) bond motifs is 3. The standard InChI is InChI=1S/C48H64FNO.2CH3.Zr/c1-43(2,3)28-46(10,11)32-16-19-40-38(25-32)39-26-33(47(12,13)29-44(4,5)6)17-20-41(39)50(40)36-23-31(22-35(49)27-36)37-24-34(18-21-42(37)51)48(14,15)30-45(7,8)9;;;/h16-27,51H,28-30H2,1-15H3;2*1H3;/q;2*-1;+2. The summed E-state index contributed by atoms with van der Waals surface area (Å²) < 4.78 is 18.1. The smallest absolute Gasteiger partial charge is 0.507 e. The fraction of sp³-hybridized carbons (Fsp3) is 0.480. The van der Waals surface area contributed by atoms with E-state index in [0.717, 1.165) is 41.5 Å². The molecule has 0 saturated heterocycles. The molecule has 5 aromatic rings. The van der Waals surface area contributed by atoms with Gasteiger partial charge in [-0.1, -0.05) is 122 Å². The van der Waals surface area contributed by atoms with Crippen molar-refractivity contribution in [2.45, 2.75) is 139 Å². The van der Waals surface area contributed by atoms with Crippen molar-refractivity contribution in [1.82, 2.24) is 4.57 Å². The third kappa shape index (κ3) is 10.6. The molecule has 0 aliphatic heterocycles. The zero-order valence-electron chi connectivity index (χ0n) is 36.8. The monoisotopic (exact) mass is 809 g/mol. The average Bonchev–Trinajstić information content (AvgIpc) is 3.26. The number of hydrogen-bond acceptors (Lipinski definition) is 1. The van der Waals surface area contributed by atoms with E-state index in [4.69, 9.17) is 0 Å². The number of halogens is 1. The van der Waals surface area contributed by atoms with E-state index in [0.29, 0.717) is 11.1 Å². The van der Waals surface area contributed by atoms with Gasteiger partial charge >= 0.3 is 26.2 Å². The Morgan fingerprint density at radius 3 is 1.26 bits per heavy atom. The van der Waals surface area contributed by atoms with Crippen LogP contribution in [0.5, 0.6) is 5.75 Å². The molecule has 0 amide bonds. The molecular weight excluding hydrogens is 741 g/mol. The molecular formula is C50H70FNOZr. The average molecular weight is 811 g/mol. The van der Waals surface area contributed by atoms with Crippen molar-refractivity contribution in [2.24, 2.45) is 16.2 Å². The summed E-state index contributed by atoms with van der Waals surface area (Å²) in [5.41, 5.74) is 8.21. The van der Waals surface area contributed by atoms with Gasteiger partial charge in [-0.3, -0.25) is 0 Å². The van der Waals surface area contributed by atoms with E-state index in [1.807, 2.05) is 12.1 Å². The van der Waals surface area contributed by atoms with E-state index >= 15 is 4.39 Å². The molecule has 5 rings (SSSR count). The van der Waals surface area contributed by atoms with Gasteiger partial charge in [0.25, 0.3) is 0 Å². The Morgan fingerprint density at radius 2 is 0.870 bits per heavy atom. The molecule has 54 heavy (non-hydrogen) atoms. The van der Waals surface area contributed by atoms with Gasteiger partial charge in [0.2, 0.25) is 0 Å². The maximum Gasteiger partial charge on any atom is 2.00 e.